The van der Waals surface area contributed by atoms with Crippen LogP contribution in [0, 0.1) is 0 Å². The van der Waals surface area contributed by atoms with Crippen LogP contribution < -0.4 is 5.73 Å². The number of hydrogen-bond acceptors (Lipinski definition) is 3. The van der Waals surface area contributed by atoms with E-state index in [1.165, 1.54) is 5.56 Å². The Morgan fingerprint density at radius 1 is 1.44 bits per heavy atom. The number of rotatable bonds is 4. The molecular weight excluding hydrogens is 200 g/mol. The minimum absolute atomic E-state index is 0.424. The summed E-state index contributed by atoms with van der Waals surface area (Å²) in [7, 11) is 1.79. The Balaban J connectivity index is 1.82. The van der Waals surface area contributed by atoms with Crippen molar-refractivity contribution >= 4 is 5.69 Å². The van der Waals surface area contributed by atoms with Crippen molar-refractivity contribution in [3.63, 3.8) is 0 Å². The first-order valence-corrected chi connectivity index (χ1v) is 5.88. The van der Waals surface area contributed by atoms with Crippen molar-refractivity contribution in [2.45, 2.75) is 18.9 Å². The SMILES string of the molecule is COC1CCN(CCc2ccccc2N)C1. The van der Waals surface area contributed by atoms with Gasteiger partial charge < -0.3 is 15.4 Å². The van der Waals surface area contributed by atoms with Crippen LogP contribution in [0.15, 0.2) is 24.3 Å². The van der Waals surface area contributed by atoms with Gasteiger partial charge in [-0.15, -0.1) is 0 Å². The zero-order valence-corrected chi connectivity index (χ0v) is 9.86. The summed E-state index contributed by atoms with van der Waals surface area (Å²) in [5.41, 5.74) is 8.08. The highest BCUT2D eigenvalue weighted by Gasteiger charge is 2.21. The summed E-state index contributed by atoms with van der Waals surface area (Å²) < 4.78 is 5.35. The molecule has 1 unspecified atom stereocenters. The van der Waals surface area contributed by atoms with Crippen LogP contribution in [0.5, 0.6) is 0 Å². The number of nitrogens with zero attached hydrogens (tertiary/aromatic N) is 1. The molecule has 2 rings (SSSR count). The number of benzene rings is 1. The molecule has 0 aliphatic carbocycles. The van der Waals surface area contributed by atoms with Crippen LogP contribution in [0.25, 0.3) is 0 Å². The van der Waals surface area contributed by atoms with E-state index in [9.17, 15) is 0 Å². The smallest absolute Gasteiger partial charge is 0.0710 e. The van der Waals surface area contributed by atoms with Crippen LogP contribution in [0.2, 0.25) is 0 Å². The molecule has 1 aliphatic heterocycles. The highest BCUT2D eigenvalue weighted by molar-refractivity contribution is 5.46. The molecule has 1 atom stereocenters. The first-order chi connectivity index (χ1) is 7.79. The number of para-hydroxylation sites is 1. The Labute approximate surface area is 97.2 Å². The van der Waals surface area contributed by atoms with E-state index in [1.54, 1.807) is 7.11 Å². The lowest BCUT2D eigenvalue weighted by molar-refractivity contribution is 0.108. The maximum Gasteiger partial charge on any atom is 0.0710 e. The molecular formula is C13H20N2O. The molecule has 0 bridgehead atoms. The number of ether oxygens (including phenoxy) is 1. The van der Waals surface area contributed by atoms with Gasteiger partial charge in [0.05, 0.1) is 6.10 Å². The summed E-state index contributed by atoms with van der Waals surface area (Å²) in [6, 6.07) is 8.11. The second-order valence-corrected chi connectivity index (χ2v) is 4.40. The van der Waals surface area contributed by atoms with Crippen LogP contribution in [0.3, 0.4) is 0 Å². The number of nitrogen functional groups attached to an aromatic ring is 1. The molecule has 1 aromatic carbocycles. The van der Waals surface area contributed by atoms with Crippen LogP contribution in [0.4, 0.5) is 5.69 Å². The van der Waals surface area contributed by atoms with Gasteiger partial charge in [-0.05, 0) is 24.5 Å². The van der Waals surface area contributed by atoms with E-state index in [-0.39, 0.29) is 0 Å². The summed E-state index contributed by atoms with van der Waals surface area (Å²) in [5.74, 6) is 0. The van der Waals surface area contributed by atoms with Gasteiger partial charge in [0.15, 0.2) is 0 Å². The fourth-order valence-electron chi connectivity index (χ4n) is 2.23. The van der Waals surface area contributed by atoms with Crippen LogP contribution in [-0.4, -0.2) is 37.7 Å². The molecule has 1 heterocycles. The Hall–Kier alpha value is -1.06. The second kappa shape index (κ2) is 5.32. The van der Waals surface area contributed by atoms with Gasteiger partial charge in [0.2, 0.25) is 0 Å². The van der Waals surface area contributed by atoms with Crippen molar-refractivity contribution in [3.05, 3.63) is 29.8 Å². The molecule has 3 heteroatoms. The largest absolute Gasteiger partial charge is 0.399 e. The van der Waals surface area contributed by atoms with Crippen LogP contribution >= 0.6 is 0 Å². The van der Waals surface area contributed by atoms with Crippen molar-refractivity contribution in [2.24, 2.45) is 0 Å². The quantitative estimate of drug-likeness (QED) is 0.782. The van der Waals surface area contributed by atoms with Gasteiger partial charge in [-0.2, -0.15) is 0 Å². The van der Waals surface area contributed by atoms with E-state index >= 15 is 0 Å². The third-order valence-electron chi connectivity index (χ3n) is 3.31. The molecule has 1 aromatic rings. The topological polar surface area (TPSA) is 38.5 Å². The molecule has 0 aromatic heterocycles. The van der Waals surface area contributed by atoms with E-state index in [0.29, 0.717) is 6.10 Å². The molecule has 2 N–H and O–H groups in total. The van der Waals surface area contributed by atoms with Gasteiger partial charge in [-0.1, -0.05) is 18.2 Å². The molecule has 0 radical (unpaired) electrons. The molecule has 1 fully saturated rings. The molecule has 0 saturated carbocycles. The van der Waals surface area contributed by atoms with Crippen molar-refractivity contribution < 1.29 is 4.74 Å². The molecule has 16 heavy (non-hydrogen) atoms. The highest BCUT2D eigenvalue weighted by Crippen LogP contribution is 2.15. The Bertz CT molecular complexity index is 340. The lowest BCUT2D eigenvalue weighted by atomic mass is 10.1. The van der Waals surface area contributed by atoms with Gasteiger partial charge >= 0.3 is 0 Å². The van der Waals surface area contributed by atoms with Crippen molar-refractivity contribution in [1.82, 2.24) is 4.90 Å². The first kappa shape index (κ1) is 11.4. The minimum atomic E-state index is 0.424. The monoisotopic (exact) mass is 220 g/mol. The van der Waals surface area contributed by atoms with E-state index in [1.807, 2.05) is 18.2 Å². The standard InChI is InChI=1S/C13H20N2O/c1-16-12-7-9-15(10-12)8-6-11-4-2-3-5-13(11)14/h2-5,12H,6-10,14H2,1H3. The van der Waals surface area contributed by atoms with E-state index in [0.717, 1.165) is 38.2 Å². The fourth-order valence-corrected chi connectivity index (χ4v) is 2.23. The predicted molar refractivity (Wildman–Crippen MR) is 66.4 cm³/mol. The fraction of sp³-hybridized carbons (Fsp3) is 0.538. The maximum absolute atomic E-state index is 5.92. The van der Waals surface area contributed by atoms with Crippen molar-refractivity contribution in [2.75, 3.05) is 32.5 Å². The lowest BCUT2D eigenvalue weighted by Crippen LogP contribution is -2.25. The summed E-state index contributed by atoms with van der Waals surface area (Å²) in [4.78, 5) is 2.45. The third kappa shape index (κ3) is 2.74. The van der Waals surface area contributed by atoms with Crippen LogP contribution in [0.1, 0.15) is 12.0 Å². The third-order valence-corrected chi connectivity index (χ3v) is 3.31. The zero-order valence-electron chi connectivity index (χ0n) is 9.86. The van der Waals surface area contributed by atoms with E-state index in [4.69, 9.17) is 10.5 Å². The molecule has 0 spiro atoms. The van der Waals surface area contributed by atoms with Crippen LogP contribution in [-0.2, 0) is 11.2 Å². The van der Waals surface area contributed by atoms with Gasteiger partial charge in [0.1, 0.15) is 0 Å². The molecule has 88 valence electrons. The maximum atomic E-state index is 5.92. The van der Waals surface area contributed by atoms with Gasteiger partial charge in [0.25, 0.3) is 0 Å². The molecule has 0 amide bonds. The summed E-state index contributed by atoms with van der Waals surface area (Å²) >= 11 is 0. The highest BCUT2D eigenvalue weighted by atomic mass is 16.5. The first-order valence-electron chi connectivity index (χ1n) is 5.88. The number of anilines is 1. The number of methoxy groups -OCH3 is 1. The molecule has 1 saturated heterocycles. The molecule has 3 nitrogen and oxygen atoms in total. The predicted octanol–water partition coefficient (Wildman–Crippen LogP) is 1.53. The zero-order chi connectivity index (χ0) is 11.4. The van der Waals surface area contributed by atoms with E-state index < -0.39 is 0 Å². The lowest BCUT2D eigenvalue weighted by Gasteiger charge is -2.16. The van der Waals surface area contributed by atoms with Gasteiger partial charge in [-0.25, -0.2) is 0 Å². The van der Waals surface area contributed by atoms with Gasteiger partial charge in [-0.3, -0.25) is 0 Å². The number of nitrogens with two attached hydrogens (primary N) is 1. The Morgan fingerprint density at radius 3 is 2.94 bits per heavy atom. The molecule has 1 aliphatic rings. The normalized spacial score (nSPS) is 21.4. The second-order valence-electron chi connectivity index (χ2n) is 4.40. The summed E-state index contributed by atoms with van der Waals surface area (Å²) in [6.45, 7) is 3.28. The summed E-state index contributed by atoms with van der Waals surface area (Å²) in [5, 5.41) is 0. The van der Waals surface area contributed by atoms with E-state index in [2.05, 4.69) is 11.0 Å². The van der Waals surface area contributed by atoms with Crippen molar-refractivity contribution in [1.29, 1.82) is 0 Å². The number of likely N-dealkylation sites (tertiary alicyclic amines) is 1. The minimum Gasteiger partial charge on any atom is -0.399 e. The summed E-state index contributed by atoms with van der Waals surface area (Å²) in [6.07, 6.45) is 2.61. The van der Waals surface area contributed by atoms with Gasteiger partial charge in [0, 0.05) is 32.4 Å². The Kier molecular flexibility index (Phi) is 3.80. The number of hydrogen-bond donors (Lipinski definition) is 1. The Morgan fingerprint density at radius 2 is 2.25 bits per heavy atom. The average Bonchev–Trinajstić information content (AvgIpc) is 2.76. The van der Waals surface area contributed by atoms with Crippen molar-refractivity contribution in [3.8, 4) is 0 Å². The average molecular weight is 220 g/mol.